The molecule has 3 heteroatoms. The molecule has 0 aliphatic carbocycles. The maximum Gasteiger partial charge on any atom is 0.261 e. The molecule has 0 saturated carbocycles. The van der Waals surface area contributed by atoms with Gasteiger partial charge < -0.3 is 5.32 Å². The van der Waals surface area contributed by atoms with E-state index in [1.54, 1.807) is 6.08 Å². The Hall–Kier alpha value is -2.34. The maximum atomic E-state index is 11.8. The van der Waals surface area contributed by atoms with Crippen molar-refractivity contribution >= 4 is 12.0 Å². The van der Waals surface area contributed by atoms with Crippen LogP contribution in [0.1, 0.15) is 32.3 Å². The molecule has 20 heavy (non-hydrogen) atoms. The van der Waals surface area contributed by atoms with Crippen LogP contribution in [0.4, 0.5) is 0 Å². The van der Waals surface area contributed by atoms with Gasteiger partial charge in [-0.25, -0.2) is 0 Å². The Kier molecular flexibility index (Phi) is 6.84. The van der Waals surface area contributed by atoms with Gasteiger partial charge in [-0.2, -0.15) is 5.26 Å². The third kappa shape index (κ3) is 5.53. The minimum atomic E-state index is -0.304. The second-order valence-corrected chi connectivity index (χ2v) is 4.58. The molecule has 0 bridgehead atoms. The summed E-state index contributed by atoms with van der Waals surface area (Å²) in [7, 11) is 0. The molecule has 0 aliphatic rings. The molecule has 1 aromatic carbocycles. The number of nitriles is 1. The lowest BCUT2D eigenvalue weighted by Gasteiger charge is -2.03. The first-order valence-electron chi connectivity index (χ1n) is 6.80. The van der Waals surface area contributed by atoms with Gasteiger partial charge in [-0.1, -0.05) is 49.8 Å². The largest absolute Gasteiger partial charge is 0.351 e. The highest BCUT2D eigenvalue weighted by molar-refractivity contribution is 5.97. The molecule has 1 aromatic rings. The van der Waals surface area contributed by atoms with Crippen molar-refractivity contribution in [3.8, 4) is 6.07 Å². The highest BCUT2D eigenvalue weighted by Gasteiger charge is 2.07. The Bertz CT molecular complexity index is 536. The summed E-state index contributed by atoms with van der Waals surface area (Å²) in [6.07, 6.45) is 5.49. The van der Waals surface area contributed by atoms with Gasteiger partial charge in [-0.3, -0.25) is 4.79 Å². The molecule has 0 saturated heterocycles. The minimum absolute atomic E-state index is 0.144. The molecule has 0 atom stereocenters. The molecule has 3 nitrogen and oxygen atoms in total. The standard InChI is InChI=1S/C17H20N2O/c1-3-4-10-19-17(20)16(13-18)12-14(2)11-15-8-6-5-7-9-15/h5-9,11-12H,3-4,10H2,1-2H3,(H,19,20)/b14-11+,16-12+. The fourth-order valence-electron chi connectivity index (χ4n) is 1.70. The second kappa shape index (κ2) is 8.71. The lowest BCUT2D eigenvalue weighted by Crippen LogP contribution is -2.25. The number of nitrogens with one attached hydrogen (secondary N) is 1. The zero-order valence-corrected chi connectivity index (χ0v) is 12.0. The van der Waals surface area contributed by atoms with E-state index < -0.39 is 0 Å². The van der Waals surface area contributed by atoms with Crippen LogP contribution in [0.15, 0.2) is 47.6 Å². The minimum Gasteiger partial charge on any atom is -0.351 e. The van der Waals surface area contributed by atoms with Crippen molar-refractivity contribution in [2.24, 2.45) is 0 Å². The van der Waals surface area contributed by atoms with E-state index in [1.807, 2.05) is 49.4 Å². The van der Waals surface area contributed by atoms with Gasteiger partial charge in [0.05, 0.1) is 0 Å². The summed E-state index contributed by atoms with van der Waals surface area (Å²) in [4.78, 5) is 11.8. The Labute approximate surface area is 120 Å². The number of nitrogens with zero attached hydrogens (tertiary/aromatic N) is 1. The van der Waals surface area contributed by atoms with E-state index >= 15 is 0 Å². The van der Waals surface area contributed by atoms with Crippen molar-refractivity contribution in [2.45, 2.75) is 26.7 Å². The van der Waals surface area contributed by atoms with Gasteiger partial charge in [-0.15, -0.1) is 0 Å². The monoisotopic (exact) mass is 268 g/mol. The summed E-state index contributed by atoms with van der Waals surface area (Å²) in [6.45, 7) is 4.54. The van der Waals surface area contributed by atoms with Crippen LogP contribution in [-0.2, 0) is 4.79 Å². The Morgan fingerprint density at radius 2 is 2.05 bits per heavy atom. The molecule has 0 unspecified atom stereocenters. The Balaban J connectivity index is 2.76. The number of hydrogen-bond acceptors (Lipinski definition) is 2. The van der Waals surface area contributed by atoms with E-state index in [4.69, 9.17) is 5.26 Å². The fourth-order valence-corrected chi connectivity index (χ4v) is 1.70. The van der Waals surface area contributed by atoms with Gasteiger partial charge >= 0.3 is 0 Å². The summed E-state index contributed by atoms with van der Waals surface area (Å²) in [5.74, 6) is -0.304. The van der Waals surface area contributed by atoms with Gasteiger partial charge in [-0.05, 0) is 30.6 Å². The zero-order chi connectivity index (χ0) is 14.8. The number of rotatable bonds is 6. The molecule has 1 rings (SSSR count). The first-order chi connectivity index (χ1) is 9.67. The lowest BCUT2D eigenvalue weighted by atomic mass is 10.1. The van der Waals surface area contributed by atoms with Crippen LogP contribution in [0, 0.1) is 11.3 Å². The van der Waals surface area contributed by atoms with E-state index in [0.29, 0.717) is 6.54 Å². The summed E-state index contributed by atoms with van der Waals surface area (Å²) in [5, 5.41) is 11.8. The van der Waals surface area contributed by atoms with Crippen LogP contribution in [0.3, 0.4) is 0 Å². The van der Waals surface area contributed by atoms with Crippen LogP contribution < -0.4 is 5.32 Å². The average molecular weight is 268 g/mol. The molecular weight excluding hydrogens is 248 g/mol. The number of hydrogen-bond donors (Lipinski definition) is 1. The molecule has 104 valence electrons. The number of amides is 1. The van der Waals surface area contributed by atoms with Crippen molar-refractivity contribution in [3.63, 3.8) is 0 Å². The first kappa shape index (κ1) is 15.7. The Morgan fingerprint density at radius 1 is 1.35 bits per heavy atom. The van der Waals surface area contributed by atoms with Gasteiger partial charge in [0.15, 0.2) is 0 Å². The van der Waals surface area contributed by atoms with E-state index in [0.717, 1.165) is 24.0 Å². The van der Waals surface area contributed by atoms with Crippen LogP contribution >= 0.6 is 0 Å². The summed E-state index contributed by atoms with van der Waals surface area (Å²) in [5.41, 5.74) is 2.06. The second-order valence-electron chi connectivity index (χ2n) is 4.58. The molecule has 0 radical (unpaired) electrons. The number of allylic oxidation sites excluding steroid dienone is 2. The van der Waals surface area contributed by atoms with Gasteiger partial charge in [0.25, 0.3) is 5.91 Å². The lowest BCUT2D eigenvalue weighted by molar-refractivity contribution is -0.117. The van der Waals surface area contributed by atoms with E-state index in [-0.39, 0.29) is 11.5 Å². The third-order valence-corrected chi connectivity index (χ3v) is 2.75. The highest BCUT2D eigenvalue weighted by atomic mass is 16.1. The molecule has 0 aliphatic heterocycles. The summed E-state index contributed by atoms with van der Waals surface area (Å²) < 4.78 is 0. The van der Waals surface area contributed by atoms with Crippen molar-refractivity contribution < 1.29 is 4.79 Å². The van der Waals surface area contributed by atoms with Crippen LogP contribution in [0.25, 0.3) is 6.08 Å². The maximum absolute atomic E-state index is 11.8. The molecule has 1 N–H and O–H groups in total. The molecule has 0 heterocycles. The highest BCUT2D eigenvalue weighted by Crippen LogP contribution is 2.09. The summed E-state index contributed by atoms with van der Waals surface area (Å²) >= 11 is 0. The van der Waals surface area contributed by atoms with Gasteiger partial charge in [0.2, 0.25) is 0 Å². The predicted molar refractivity (Wildman–Crippen MR) is 81.7 cm³/mol. The molecule has 0 aromatic heterocycles. The van der Waals surface area contributed by atoms with Gasteiger partial charge in [0, 0.05) is 6.54 Å². The number of unbranched alkanes of at least 4 members (excludes halogenated alkanes) is 1. The molecular formula is C17H20N2O. The molecule has 0 fully saturated rings. The molecule has 0 spiro atoms. The van der Waals surface area contributed by atoms with Crippen molar-refractivity contribution in [1.29, 1.82) is 5.26 Å². The fraction of sp³-hybridized carbons (Fsp3) is 0.294. The molecule has 1 amide bonds. The third-order valence-electron chi connectivity index (χ3n) is 2.75. The predicted octanol–water partition coefficient (Wildman–Crippen LogP) is 3.46. The number of carbonyl (C=O) groups excluding carboxylic acids is 1. The number of carbonyl (C=O) groups is 1. The topological polar surface area (TPSA) is 52.9 Å². The number of benzene rings is 1. The summed E-state index contributed by atoms with van der Waals surface area (Å²) in [6, 6.07) is 11.8. The van der Waals surface area contributed by atoms with Crippen molar-refractivity contribution in [1.82, 2.24) is 5.32 Å². The van der Waals surface area contributed by atoms with Crippen LogP contribution in [0.5, 0.6) is 0 Å². The quantitative estimate of drug-likeness (QED) is 0.372. The van der Waals surface area contributed by atoms with Crippen molar-refractivity contribution in [3.05, 3.63) is 53.1 Å². The zero-order valence-electron chi connectivity index (χ0n) is 12.0. The smallest absolute Gasteiger partial charge is 0.261 e. The Morgan fingerprint density at radius 3 is 2.65 bits per heavy atom. The first-order valence-corrected chi connectivity index (χ1v) is 6.80. The van der Waals surface area contributed by atoms with E-state index in [2.05, 4.69) is 12.2 Å². The van der Waals surface area contributed by atoms with Crippen LogP contribution in [-0.4, -0.2) is 12.5 Å². The van der Waals surface area contributed by atoms with E-state index in [9.17, 15) is 4.79 Å². The van der Waals surface area contributed by atoms with Crippen LogP contribution in [0.2, 0.25) is 0 Å². The average Bonchev–Trinajstić information content (AvgIpc) is 2.46. The van der Waals surface area contributed by atoms with E-state index in [1.165, 1.54) is 0 Å². The normalized spacial score (nSPS) is 11.8. The van der Waals surface area contributed by atoms with Crippen molar-refractivity contribution in [2.75, 3.05) is 6.54 Å². The SMILES string of the molecule is CCCCNC(=O)/C(C#N)=C/C(C)=C/c1ccccc1. The van der Waals surface area contributed by atoms with Gasteiger partial charge in [0.1, 0.15) is 11.6 Å².